The maximum Gasteiger partial charge on any atom is 0.461 e. The number of amides is 3. The number of nitrogens with one attached hydrogen (secondary N) is 4. The van der Waals surface area contributed by atoms with E-state index in [4.69, 9.17) is 9.47 Å². The lowest BCUT2D eigenvalue weighted by Crippen LogP contribution is -2.48. The van der Waals surface area contributed by atoms with Gasteiger partial charge in [-0.2, -0.15) is 22.0 Å². The van der Waals surface area contributed by atoms with Gasteiger partial charge in [-0.1, -0.05) is 30.3 Å². The zero-order valence-electron chi connectivity index (χ0n) is 31.5. The number of fused-ring (bicyclic) bond motifs is 1. The number of carbonyl (C=O) groups excluding carboxylic acids is 4. The van der Waals surface area contributed by atoms with Crippen molar-refractivity contribution in [3.63, 3.8) is 0 Å². The number of methoxy groups -OCH3 is 1. The van der Waals surface area contributed by atoms with Gasteiger partial charge in [-0.25, -0.2) is 14.6 Å². The van der Waals surface area contributed by atoms with E-state index in [9.17, 15) is 41.1 Å². The molecule has 1 aromatic heterocycles. The van der Waals surface area contributed by atoms with E-state index in [1.807, 2.05) is 24.0 Å². The van der Waals surface area contributed by atoms with E-state index in [0.717, 1.165) is 16.7 Å². The molecule has 0 radical (unpaired) electrons. The fourth-order valence-electron chi connectivity index (χ4n) is 6.56. The molecule has 4 aromatic rings. The number of hydrogen-bond donors (Lipinski definition) is 4. The summed E-state index contributed by atoms with van der Waals surface area (Å²) in [6, 6.07) is 15.1. The lowest BCUT2D eigenvalue weighted by molar-refractivity contribution is -0.292. The summed E-state index contributed by atoms with van der Waals surface area (Å²) in [5.41, 5.74) is 2.76. The van der Waals surface area contributed by atoms with Crippen LogP contribution in [-0.4, -0.2) is 65.3 Å². The van der Waals surface area contributed by atoms with Gasteiger partial charge in [0.15, 0.2) is 5.82 Å². The second kappa shape index (κ2) is 16.7. The molecule has 0 aliphatic heterocycles. The fourth-order valence-corrected chi connectivity index (χ4v) is 6.56. The highest BCUT2D eigenvalue weighted by Gasteiger charge is 2.61. The van der Waals surface area contributed by atoms with Gasteiger partial charge in [0.2, 0.25) is 11.8 Å². The Balaban J connectivity index is 1.31. The number of imidazole rings is 1. The standard InChI is InChI=1S/C40H44F5N5O6/c1-22-18-27(35(53)55-5)14-16-29(22)25-10-6-23(7-11-25)19-32(48-33(51)26-12-8-24(9-13-26)21-46-37(54)56-38(2,3)4)34(52)47-28-15-17-30-31(20-28)50-36(49-30)39(41,42)40(43,44)45/h6-7,10-11,14-18,20,24,26,32H,8-9,12-13,19,21H2,1-5H3,(H,46,54)(H,47,52)(H,48,51)(H,49,50)/t24?,26?,32-/m0/s1. The lowest BCUT2D eigenvalue weighted by Gasteiger charge is -2.29. The summed E-state index contributed by atoms with van der Waals surface area (Å²) in [6.07, 6.45) is -3.97. The summed E-state index contributed by atoms with van der Waals surface area (Å²) < 4.78 is 77.0. The Morgan fingerprint density at radius 2 is 1.59 bits per heavy atom. The highest BCUT2D eigenvalue weighted by molar-refractivity contribution is 5.99. The molecule has 11 nitrogen and oxygen atoms in total. The van der Waals surface area contributed by atoms with Crippen LogP contribution in [-0.2, 0) is 31.4 Å². The number of rotatable bonds is 11. The maximum absolute atomic E-state index is 14.0. The number of aryl methyl sites for hydroxylation is 1. The number of carbonyl (C=O) groups is 4. The predicted octanol–water partition coefficient (Wildman–Crippen LogP) is 7.98. The Bertz CT molecular complexity index is 2070. The Morgan fingerprint density at radius 1 is 0.911 bits per heavy atom. The van der Waals surface area contributed by atoms with Crippen LogP contribution < -0.4 is 16.0 Å². The zero-order chi connectivity index (χ0) is 41.0. The number of aromatic amines is 1. The first kappa shape index (κ1) is 41.6. The van der Waals surface area contributed by atoms with Crippen molar-refractivity contribution in [1.29, 1.82) is 0 Å². The number of anilines is 1. The average molecular weight is 786 g/mol. The molecule has 0 unspecified atom stereocenters. The van der Waals surface area contributed by atoms with Gasteiger partial charge in [-0.3, -0.25) is 9.59 Å². The molecular formula is C40H44F5N5O6. The van der Waals surface area contributed by atoms with E-state index >= 15 is 0 Å². The normalized spacial score (nSPS) is 16.8. The minimum atomic E-state index is -5.87. The molecule has 0 spiro atoms. The molecule has 1 atom stereocenters. The zero-order valence-corrected chi connectivity index (χ0v) is 31.5. The third-order valence-electron chi connectivity index (χ3n) is 9.54. The number of H-pyrrole nitrogens is 1. The quantitative estimate of drug-likeness (QED) is 0.0890. The van der Waals surface area contributed by atoms with Gasteiger partial charge in [-0.05, 0) is 112 Å². The number of hydrogen-bond acceptors (Lipinski definition) is 7. The number of alkyl halides is 5. The number of benzene rings is 3. The smallest absolute Gasteiger partial charge is 0.461 e. The van der Waals surface area contributed by atoms with Crippen LogP contribution in [0.15, 0.2) is 60.7 Å². The summed E-state index contributed by atoms with van der Waals surface area (Å²) in [5, 5.41) is 8.30. The van der Waals surface area contributed by atoms with Gasteiger partial charge in [0, 0.05) is 24.6 Å². The molecule has 1 fully saturated rings. The molecule has 300 valence electrons. The van der Waals surface area contributed by atoms with Crippen LogP contribution in [0.4, 0.5) is 32.4 Å². The van der Waals surface area contributed by atoms with Crippen molar-refractivity contribution in [2.75, 3.05) is 19.0 Å². The van der Waals surface area contributed by atoms with Crippen molar-refractivity contribution in [1.82, 2.24) is 20.6 Å². The van der Waals surface area contributed by atoms with E-state index in [1.165, 1.54) is 25.3 Å². The van der Waals surface area contributed by atoms with Crippen molar-refractivity contribution in [2.24, 2.45) is 11.8 Å². The third kappa shape index (κ3) is 10.2. The molecule has 0 bridgehead atoms. The van der Waals surface area contributed by atoms with Crippen molar-refractivity contribution >= 4 is 40.6 Å². The fraction of sp³-hybridized carbons (Fsp3) is 0.425. The van der Waals surface area contributed by atoms with Crippen molar-refractivity contribution in [3.8, 4) is 11.1 Å². The molecule has 1 heterocycles. The van der Waals surface area contributed by atoms with Crippen molar-refractivity contribution in [3.05, 3.63) is 83.2 Å². The van der Waals surface area contributed by atoms with E-state index in [2.05, 4.69) is 20.9 Å². The molecular weight excluding hydrogens is 741 g/mol. The van der Waals surface area contributed by atoms with Crippen molar-refractivity contribution in [2.45, 2.75) is 83.5 Å². The number of halogens is 5. The topological polar surface area (TPSA) is 152 Å². The van der Waals surface area contributed by atoms with Crippen LogP contribution in [0.3, 0.4) is 0 Å². The lowest BCUT2D eigenvalue weighted by atomic mass is 9.81. The van der Waals surface area contributed by atoms with E-state index in [1.54, 1.807) is 51.1 Å². The predicted molar refractivity (Wildman–Crippen MR) is 198 cm³/mol. The Kier molecular flexibility index (Phi) is 12.4. The van der Waals surface area contributed by atoms with Crippen LogP contribution in [0.5, 0.6) is 0 Å². The van der Waals surface area contributed by atoms with Gasteiger partial charge < -0.3 is 30.4 Å². The molecule has 3 aromatic carbocycles. The molecule has 16 heteroatoms. The second-order valence-electron chi connectivity index (χ2n) is 15.0. The number of alkyl carbamates (subject to hydrolysis) is 1. The molecule has 3 amide bonds. The third-order valence-corrected chi connectivity index (χ3v) is 9.54. The summed E-state index contributed by atoms with van der Waals surface area (Å²) in [4.78, 5) is 56.9. The Hall–Kier alpha value is -5.54. The van der Waals surface area contributed by atoms with Gasteiger partial charge in [0.1, 0.15) is 11.6 Å². The highest BCUT2D eigenvalue weighted by atomic mass is 19.4. The van der Waals surface area contributed by atoms with Gasteiger partial charge >= 0.3 is 24.2 Å². The van der Waals surface area contributed by atoms with Crippen LogP contribution >= 0.6 is 0 Å². The minimum Gasteiger partial charge on any atom is -0.465 e. The number of ether oxygens (including phenoxy) is 2. The summed E-state index contributed by atoms with van der Waals surface area (Å²) in [6.45, 7) is 7.57. The van der Waals surface area contributed by atoms with E-state index in [0.29, 0.717) is 43.4 Å². The van der Waals surface area contributed by atoms with Gasteiger partial charge in [0.25, 0.3) is 0 Å². The van der Waals surface area contributed by atoms with Gasteiger partial charge in [-0.15, -0.1) is 0 Å². The highest BCUT2D eigenvalue weighted by Crippen LogP contribution is 2.43. The summed E-state index contributed by atoms with van der Waals surface area (Å²) in [7, 11) is 1.30. The number of nitrogens with zero attached hydrogens (tertiary/aromatic N) is 1. The van der Waals surface area contributed by atoms with Gasteiger partial charge in [0.05, 0.1) is 23.7 Å². The van der Waals surface area contributed by atoms with Crippen LogP contribution in [0.2, 0.25) is 0 Å². The molecule has 1 saturated carbocycles. The molecule has 5 rings (SSSR count). The van der Waals surface area contributed by atoms with Crippen LogP contribution in [0.25, 0.3) is 22.2 Å². The van der Waals surface area contributed by atoms with E-state index in [-0.39, 0.29) is 35.0 Å². The van der Waals surface area contributed by atoms with Crippen molar-refractivity contribution < 1.29 is 50.6 Å². The monoisotopic (exact) mass is 785 g/mol. The Morgan fingerprint density at radius 3 is 2.20 bits per heavy atom. The number of esters is 1. The summed E-state index contributed by atoms with van der Waals surface area (Å²) >= 11 is 0. The largest absolute Gasteiger partial charge is 0.465 e. The molecule has 1 aliphatic rings. The van der Waals surface area contributed by atoms with Crippen LogP contribution in [0, 0.1) is 18.8 Å². The molecule has 56 heavy (non-hydrogen) atoms. The minimum absolute atomic E-state index is 0.0571. The Labute approximate surface area is 320 Å². The summed E-state index contributed by atoms with van der Waals surface area (Å²) in [5.74, 6) is -8.52. The SMILES string of the molecule is COC(=O)c1ccc(-c2ccc(C[C@H](NC(=O)C3CCC(CNC(=O)OC(C)(C)C)CC3)C(=O)Nc3ccc4nc(C(F)(F)C(F)(F)F)[nH]c4c3)cc2)c(C)c1. The molecule has 4 N–H and O–H groups in total. The average Bonchev–Trinajstić information content (AvgIpc) is 3.57. The maximum atomic E-state index is 14.0. The first-order chi connectivity index (χ1) is 26.2. The molecule has 1 aliphatic carbocycles. The number of aromatic nitrogens is 2. The first-order valence-electron chi connectivity index (χ1n) is 18.0. The molecule has 0 saturated heterocycles. The second-order valence-corrected chi connectivity index (χ2v) is 15.0. The van der Waals surface area contributed by atoms with Crippen LogP contribution in [0.1, 0.15) is 73.8 Å². The van der Waals surface area contributed by atoms with E-state index < -0.39 is 53.5 Å². The first-order valence-corrected chi connectivity index (χ1v) is 18.0.